The SMILES string of the molecule is Cc1cc(-c2nc(N)cc(-c3cnn(C)c3)n2)cc(C)n1. The first-order valence-electron chi connectivity index (χ1n) is 6.60. The fourth-order valence-electron chi connectivity index (χ4n) is 2.26. The Morgan fingerprint density at radius 1 is 0.952 bits per heavy atom. The molecular formula is C15H16N6. The van der Waals surface area contributed by atoms with Gasteiger partial charge in [0.15, 0.2) is 5.82 Å². The van der Waals surface area contributed by atoms with E-state index in [1.165, 1.54) is 0 Å². The Morgan fingerprint density at radius 2 is 1.67 bits per heavy atom. The molecule has 3 heterocycles. The first kappa shape index (κ1) is 13.2. The molecule has 0 atom stereocenters. The third kappa shape index (κ3) is 2.74. The molecule has 0 saturated carbocycles. The van der Waals surface area contributed by atoms with E-state index in [9.17, 15) is 0 Å². The molecule has 0 spiro atoms. The molecule has 0 aliphatic rings. The van der Waals surface area contributed by atoms with Gasteiger partial charge in [0.25, 0.3) is 0 Å². The minimum atomic E-state index is 0.436. The maximum Gasteiger partial charge on any atom is 0.162 e. The Balaban J connectivity index is 2.13. The molecule has 0 fully saturated rings. The summed E-state index contributed by atoms with van der Waals surface area (Å²) >= 11 is 0. The van der Waals surface area contributed by atoms with E-state index < -0.39 is 0 Å². The van der Waals surface area contributed by atoms with Crippen LogP contribution in [-0.2, 0) is 7.05 Å². The minimum absolute atomic E-state index is 0.436. The summed E-state index contributed by atoms with van der Waals surface area (Å²) in [5.41, 5.74) is 10.4. The Morgan fingerprint density at radius 3 is 2.29 bits per heavy atom. The highest BCUT2D eigenvalue weighted by atomic mass is 15.2. The van der Waals surface area contributed by atoms with Crippen molar-refractivity contribution in [1.29, 1.82) is 0 Å². The van der Waals surface area contributed by atoms with Crippen LogP contribution in [0.4, 0.5) is 5.82 Å². The third-order valence-corrected chi connectivity index (χ3v) is 3.09. The van der Waals surface area contributed by atoms with E-state index in [1.54, 1.807) is 16.9 Å². The summed E-state index contributed by atoms with van der Waals surface area (Å²) in [6.45, 7) is 3.90. The van der Waals surface area contributed by atoms with Crippen molar-refractivity contribution in [3.05, 3.63) is 42.0 Å². The summed E-state index contributed by atoms with van der Waals surface area (Å²) in [6, 6.07) is 5.66. The first-order chi connectivity index (χ1) is 10.0. The van der Waals surface area contributed by atoms with Gasteiger partial charge in [-0.05, 0) is 26.0 Å². The molecule has 106 valence electrons. The predicted molar refractivity (Wildman–Crippen MR) is 81.4 cm³/mol. The number of hydrogen-bond acceptors (Lipinski definition) is 5. The molecule has 0 aliphatic heterocycles. The van der Waals surface area contributed by atoms with E-state index in [-0.39, 0.29) is 0 Å². The zero-order valence-corrected chi connectivity index (χ0v) is 12.2. The number of anilines is 1. The van der Waals surface area contributed by atoms with Gasteiger partial charge in [-0.3, -0.25) is 9.67 Å². The fraction of sp³-hybridized carbons (Fsp3) is 0.200. The summed E-state index contributed by atoms with van der Waals surface area (Å²) in [7, 11) is 1.87. The van der Waals surface area contributed by atoms with Gasteiger partial charge < -0.3 is 5.73 Å². The second-order valence-corrected chi connectivity index (χ2v) is 5.04. The first-order valence-corrected chi connectivity index (χ1v) is 6.60. The second-order valence-electron chi connectivity index (χ2n) is 5.04. The number of nitrogens with two attached hydrogens (primary N) is 1. The normalized spacial score (nSPS) is 10.8. The van der Waals surface area contributed by atoms with Crippen molar-refractivity contribution in [1.82, 2.24) is 24.7 Å². The van der Waals surface area contributed by atoms with Crippen LogP contribution in [0.1, 0.15) is 11.4 Å². The number of nitrogen functional groups attached to an aromatic ring is 1. The van der Waals surface area contributed by atoms with Crippen LogP contribution >= 0.6 is 0 Å². The molecule has 6 heteroatoms. The molecule has 0 saturated heterocycles. The summed E-state index contributed by atoms with van der Waals surface area (Å²) in [5, 5.41) is 4.16. The molecule has 0 unspecified atom stereocenters. The Bertz CT molecular complexity index is 785. The maximum atomic E-state index is 5.92. The van der Waals surface area contributed by atoms with Crippen molar-refractivity contribution < 1.29 is 0 Å². The molecule has 0 amide bonds. The molecule has 3 aromatic rings. The zero-order chi connectivity index (χ0) is 15.0. The van der Waals surface area contributed by atoms with Crippen LogP contribution in [-0.4, -0.2) is 24.7 Å². The number of nitrogens with zero attached hydrogens (tertiary/aromatic N) is 5. The molecule has 0 aromatic carbocycles. The van der Waals surface area contributed by atoms with E-state index in [4.69, 9.17) is 5.73 Å². The quantitative estimate of drug-likeness (QED) is 0.777. The monoisotopic (exact) mass is 280 g/mol. The molecule has 2 N–H and O–H groups in total. The molecule has 3 aromatic heterocycles. The van der Waals surface area contributed by atoms with Gasteiger partial charge in [0, 0.05) is 41.8 Å². The van der Waals surface area contributed by atoms with Crippen molar-refractivity contribution in [2.45, 2.75) is 13.8 Å². The molecule has 3 rings (SSSR count). The van der Waals surface area contributed by atoms with Crippen molar-refractivity contribution in [2.75, 3.05) is 5.73 Å². The smallest absolute Gasteiger partial charge is 0.162 e. The van der Waals surface area contributed by atoms with Crippen molar-refractivity contribution >= 4 is 5.82 Å². The highest BCUT2D eigenvalue weighted by Crippen LogP contribution is 2.23. The molecule has 6 nitrogen and oxygen atoms in total. The molecular weight excluding hydrogens is 264 g/mol. The molecule has 21 heavy (non-hydrogen) atoms. The lowest BCUT2D eigenvalue weighted by atomic mass is 10.1. The Hall–Kier alpha value is -2.76. The van der Waals surface area contributed by atoms with Gasteiger partial charge in [0.2, 0.25) is 0 Å². The van der Waals surface area contributed by atoms with E-state index in [1.807, 2.05) is 39.2 Å². The highest BCUT2D eigenvalue weighted by Gasteiger charge is 2.09. The summed E-state index contributed by atoms with van der Waals surface area (Å²) in [6.07, 6.45) is 3.66. The van der Waals surface area contributed by atoms with Gasteiger partial charge in [-0.1, -0.05) is 0 Å². The number of pyridine rings is 1. The molecule has 0 aliphatic carbocycles. The summed E-state index contributed by atoms with van der Waals surface area (Å²) in [4.78, 5) is 13.3. The van der Waals surface area contributed by atoms with Crippen LogP contribution in [0.2, 0.25) is 0 Å². The third-order valence-electron chi connectivity index (χ3n) is 3.09. The summed E-state index contributed by atoms with van der Waals surface area (Å²) < 4.78 is 1.73. The van der Waals surface area contributed by atoms with E-state index in [0.29, 0.717) is 11.6 Å². The standard InChI is InChI=1S/C15H16N6/c1-9-4-11(5-10(2)18-9)15-19-13(6-14(16)20-15)12-7-17-21(3)8-12/h4-8H,1-3H3,(H2,16,19,20). The van der Waals surface area contributed by atoms with Gasteiger partial charge in [0.1, 0.15) is 5.82 Å². The van der Waals surface area contributed by atoms with Crippen molar-refractivity contribution in [3.63, 3.8) is 0 Å². The van der Waals surface area contributed by atoms with Crippen LogP contribution in [0.5, 0.6) is 0 Å². The number of hydrogen-bond donors (Lipinski definition) is 1. The van der Waals surface area contributed by atoms with Gasteiger partial charge in [-0.15, -0.1) is 0 Å². The van der Waals surface area contributed by atoms with Crippen LogP contribution in [0.3, 0.4) is 0 Å². The number of aryl methyl sites for hydroxylation is 3. The van der Waals surface area contributed by atoms with Gasteiger partial charge in [-0.25, -0.2) is 9.97 Å². The van der Waals surface area contributed by atoms with Crippen molar-refractivity contribution in [2.24, 2.45) is 7.05 Å². The number of aromatic nitrogens is 5. The molecule has 0 radical (unpaired) electrons. The zero-order valence-electron chi connectivity index (χ0n) is 12.2. The second kappa shape index (κ2) is 4.97. The lowest BCUT2D eigenvalue weighted by Crippen LogP contribution is -1.99. The Kier molecular flexibility index (Phi) is 3.13. The van der Waals surface area contributed by atoms with Crippen LogP contribution in [0.15, 0.2) is 30.6 Å². The highest BCUT2D eigenvalue weighted by molar-refractivity contribution is 5.66. The van der Waals surface area contributed by atoms with E-state index in [2.05, 4.69) is 20.1 Å². The van der Waals surface area contributed by atoms with Crippen LogP contribution < -0.4 is 5.73 Å². The average molecular weight is 280 g/mol. The summed E-state index contributed by atoms with van der Waals surface area (Å²) in [5.74, 6) is 1.04. The van der Waals surface area contributed by atoms with Gasteiger partial charge >= 0.3 is 0 Å². The maximum absolute atomic E-state index is 5.92. The fourth-order valence-corrected chi connectivity index (χ4v) is 2.26. The predicted octanol–water partition coefficient (Wildman–Crippen LogP) is 2.14. The van der Waals surface area contributed by atoms with Gasteiger partial charge in [0.05, 0.1) is 11.9 Å². The average Bonchev–Trinajstić information content (AvgIpc) is 2.83. The lowest BCUT2D eigenvalue weighted by Gasteiger charge is -2.06. The van der Waals surface area contributed by atoms with E-state index >= 15 is 0 Å². The Labute approximate surface area is 122 Å². The topological polar surface area (TPSA) is 82.5 Å². The van der Waals surface area contributed by atoms with Crippen molar-refractivity contribution in [3.8, 4) is 22.6 Å². The number of rotatable bonds is 2. The van der Waals surface area contributed by atoms with Gasteiger partial charge in [-0.2, -0.15) is 5.10 Å². The minimum Gasteiger partial charge on any atom is -0.384 e. The van der Waals surface area contributed by atoms with E-state index in [0.717, 1.165) is 28.2 Å². The molecule has 0 bridgehead atoms. The largest absolute Gasteiger partial charge is 0.384 e. The van der Waals surface area contributed by atoms with Crippen LogP contribution in [0, 0.1) is 13.8 Å². The van der Waals surface area contributed by atoms with Crippen LogP contribution in [0.25, 0.3) is 22.6 Å². The lowest BCUT2D eigenvalue weighted by molar-refractivity contribution is 0.768.